The summed E-state index contributed by atoms with van der Waals surface area (Å²) in [5, 5.41) is 3.93. The zero-order valence-electron chi connectivity index (χ0n) is 14.9. The van der Waals surface area contributed by atoms with Crippen molar-refractivity contribution in [2.45, 2.75) is 0 Å². The minimum Gasteiger partial charge on any atom is -0.334 e. The fourth-order valence-corrected chi connectivity index (χ4v) is 3.26. The number of amides is 2. The van der Waals surface area contributed by atoms with Crippen molar-refractivity contribution in [3.63, 3.8) is 0 Å². The summed E-state index contributed by atoms with van der Waals surface area (Å²) < 4.78 is 18.4. The molecule has 6 nitrogen and oxygen atoms in total. The molecule has 0 atom stereocenters. The molecule has 0 radical (unpaired) electrons. The first-order valence-corrected chi connectivity index (χ1v) is 8.80. The van der Waals surface area contributed by atoms with Gasteiger partial charge in [-0.2, -0.15) is 4.98 Å². The van der Waals surface area contributed by atoms with Crippen LogP contribution in [0.5, 0.6) is 0 Å². The molecule has 1 aliphatic heterocycles. The number of nitrogens with zero attached hydrogens (tertiary/aromatic N) is 3. The van der Waals surface area contributed by atoms with Gasteiger partial charge in [-0.05, 0) is 54.6 Å². The van der Waals surface area contributed by atoms with Gasteiger partial charge >= 0.3 is 0 Å². The van der Waals surface area contributed by atoms with Crippen LogP contribution in [0.2, 0.25) is 0 Å². The first-order valence-electron chi connectivity index (χ1n) is 8.80. The minimum atomic E-state index is -0.375. The van der Waals surface area contributed by atoms with E-state index in [1.165, 1.54) is 12.1 Å². The van der Waals surface area contributed by atoms with Gasteiger partial charge < -0.3 is 4.52 Å². The van der Waals surface area contributed by atoms with Crippen LogP contribution >= 0.6 is 0 Å². The number of aromatic nitrogens is 2. The van der Waals surface area contributed by atoms with Crippen LogP contribution in [-0.2, 0) is 0 Å². The molecule has 0 aliphatic carbocycles. The molecule has 0 fully saturated rings. The highest BCUT2D eigenvalue weighted by Gasteiger charge is 2.36. The van der Waals surface area contributed by atoms with E-state index < -0.39 is 0 Å². The van der Waals surface area contributed by atoms with E-state index in [1.807, 2.05) is 0 Å². The number of rotatable bonds is 3. The Balaban J connectivity index is 1.49. The predicted octanol–water partition coefficient (Wildman–Crippen LogP) is 4.34. The Kier molecular flexibility index (Phi) is 3.80. The fraction of sp³-hybridized carbons (Fsp3) is 0. The van der Waals surface area contributed by atoms with E-state index in [0.717, 1.165) is 4.90 Å². The monoisotopic (exact) mass is 385 g/mol. The van der Waals surface area contributed by atoms with Gasteiger partial charge in [0, 0.05) is 11.1 Å². The molecule has 3 aromatic carbocycles. The second-order valence-corrected chi connectivity index (χ2v) is 6.47. The van der Waals surface area contributed by atoms with E-state index in [0.29, 0.717) is 33.8 Å². The Morgan fingerprint density at radius 3 is 2.17 bits per heavy atom. The van der Waals surface area contributed by atoms with Crippen LogP contribution in [0.4, 0.5) is 10.1 Å². The number of fused-ring (bicyclic) bond motifs is 1. The number of hydrogen-bond donors (Lipinski definition) is 0. The maximum absolute atomic E-state index is 13.1. The molecule has 1 aromatic heterocycles. The van der Waals surface area contributed by atoms with Crippen LogP contribution in [0.15, 0.2) is 77.3 Å². The Hall–Kier alpha value is -4.13. The third kappa shape index (κ3) is 2.80. The molecule has 0 spiro atoms. The van der Waals surface area contributed by atoms with Gasteiger partial charge in [-0.3, -0.25) is 9.59 Å². The molecular formula is C22H12FN3O3. The summed E-state index contributed by atoms with van der Waals surface area (Å²) in [5.41, 5.74) is 2.33. The van der Waals surface area contributed by atoms with Crippen molar-refractivity contribution in [1.82, 2.24) is 10.1 Å². The van der Waals surface area contributed by atoms with Gasteiger partial charge in [0.2, 0.25) is 5.82 Å². The smallest absolute Gasteiger partial charge is 0.266 e. The molecular weight excluding hydrogens is 373 g/mol. The Morgan fingerprint density at radius 1 is 0.793 bits per heavy atom. The van der Waals surface area contributed by atoms with Crippen molar-refractivity contribution in [3.05, 3.63) is 89.7 Å². The first kappa shape index (κ1) is 17.0. The second-order valence-electron chi connectivity index (χ2n) is 6.47. The largest absolute Gasteiger partial charge is 0.334 e. The van der Waals surface area contributed by atoms with Crippen molar-refractivity contribution in [1.29, 1.82) is 0 Å². The predicted molar refractivity (Wildman–Crippen MR) is 103 cm³/mol. The maximum Gasteiger partial charge on any atom is 0.266 e. The van der Waals surface area contributed by atoms with Gasteiger partial charge in [0.25, 0.3) is 17.7 Å². The van der Waals surface area contributed by atoms with Crippen LogP contribution in [-0.4, -0.2) is 22.0 Å². The molecule has 2 heterocycles. The average Bonchev–Trinajstić information content (AvgIpc) is 3.33. The number of imide groups is 1. The van der Waals surface area contributed by atoms with E-state index in [-0.39, 0.29) is 23.5 Å². The molecule has 0 saturated carbocycles. The summed E-state index contributed by atoms with van der Waals surface area (Å²) >= 11 is 0. The zero-order valence-corrected chi connectivity index (χ0v) is 14.9. The number of carbonyl (C=O) groups is 2. The normalized spacial score (nSPS) is 13.1. The molecule has 4 aromatic rings. The third-order valence-electron chi connectivity index (χ3n) is 4.67. The van der Waals surface area contributed by atoms with Crippen LogP contribution in [0.1, 0.15) is 20.7 Å². The summed E-state index contributed by atoms with van der Waals surface area (Å²) in [5.74, 6) is -0.569. The van der Waals surface area contributed by atoms with Crippen LogP contribution in [0, 0.1) is 5.82 Å². The van der Waals surface area contributed by atoms with E-state index >= 15 is 0 Å². The highest BCUT2D eigenvalue weighted by atomic mass is 19.1. The van der Waals surface area contributed by atoms with Gasteiger partial charge in [-0.25, -0.2) is 9.29 Å². The highest BCUT2D eigenvalue weighted by molar-refractivity contribution is 6.34. The first-order chi connectivity index (χ1) is 14.1. The lowest BCUT2D eigenvalue weighted by atomic mass is 10.1. The second kappa shape index (κ2) is 6.49. The van der Waals surface area contributed by atoms with Crippen molar-refractivity contribution in [3.8, 4) is 22.8 Å². The molecule has 0 unspecified atom stereocenters. The number of halogens is 1. The Labute approximate surface area is 164 Å². The molecule has 1 aliphatic rings. The van der Waals surface area contributed by atoms with Gasteiger partial charge in [0.05, 0.1) is 16.8 Å². The molecule has 140 valence electrons. The molecule has 0 bridgehead atoms. The van der Waals surface area contributed by atoms with Crippen LogP contribution in [0.25, 0.3) is 22.8 Å². The van der Waals surface area contributed by atoms with Gasteiger partial charge in [0.1, 0.15) is 5.82 Å². The quantitative estimate of drug-likeness (QED) is 0.490. The number of carbonyl (C=O) groups excluding carboxylic acids is 2. The van der Waals surface area contributed by atoms with Crippen molar-refractivity contribution in [2.24, 2.45) is 0 Å². The summed E-state index contributed by atoms with van der Waals surface area (Å²) in [4.78, 5) is 30.9. The van der Waals surface area contributed by atoms with Crippen molar-refractivity contribution < 1.29 is 18.5 Å². The van der Waals surface area contributed by atoms with E-state index in [1.54, 1.807) is 60.7 Å². The van der Waals surface area contributed by atoms with Gasteiger partial charge in [-0.1, -0.05) is 23.4 Å². The Bertz CT molecular complexity index is 1230. The maximum atomic E-state index is 13.1. The molecule has 7 heteroatoms. The van der Waals surface area contributed by atoms with Gasteiger partial charge in [0.15, 0.2) is 0 Å². The number of hydrogen-bond acceptors (Lipinski definition) is 5. The van der Waals surface area contributed by atoms with Crippen molar-refractivity contribution >= 4 is 17.5 Å². The minimum absolute atomic E-state index is 0.225. The van der Waals surface area contributed by atoms with Gasteiger partial charge in [-0.15, -0.1) is 0 Å². The van der Waals surface area contributed by atoms with E-state index in [2.05, 4.69) is 10.1 Å². The summed E-state index contributed by atoms with van der Waals surface area (Å²) in [6.45, 7) is 0. The molecule has 29 heavy (non-hydrogen) atoms. The Morgan fingerprint density at radius 2 is 1.48 bits per heavy atom. The lowest BCUT2D eigenvalue weighted by Crippen LogP contribution is -2.29. The molecule has 5 rings (SSSR count). The third-order valence-corrected chi connectivity index (χ3v) is 4.67. The lowest BCUT2D eigenvalue weighted by molar-refractivity contribution is 0.0926. The standard InChI is InChI=1S/C22H12FN3O3/c23-15-10-8-13(9-11-15)19-24-20(29-25-19)14-4-3-5-16(12-14)26-21(27)17-6-1-2-7-18(17)22(26)28/h1-12H. The number of anilines is 1. The fourth-order valence-electron chi connectivity index (χ4n) is 3.26. The molecule has 0 N–H and O–H groups in total. The SMILES string of the molecule is O=C1c2ccccc2C(=O)N1c1cccc(-c2nc(-c3ccc(F)cc3)no2)c1. The summed E-state index contributed by atoms with van der Waals surface area (Å²) in [6.07, 6.45) is 0. The highest BCUT2D eigenvalue weighted by Crippen LogP contribution is 2.31. The van der Waals surface area contributed by atoms with Crippen molar-refractivity contribution in [2.75, 3.05) is 4.90 Å². The zero-order chi connectivity index (χ0) is 20.0. The number of benzene rings is 3. The summed E-state index contributed by atoms with van der Waals surface area (Å²) in [7, 11) is 0. The average molecular weight is 385 g/mol. The molecule has 2 amide bonds. The van der Waals surface area contributed by atoms with Crippen LogP contribution in [0.3, 0.4) is 0 Å². The summed E-state index contributed by atoms with van der Waals surface area (Å²) in [6, 6.07) is 19.2. The van der Waals surface area contributed by atoms with Crippen LogP contribution < -0.4 is 4.90 Å². The van der Waals surface area contributed by atoms with E-state index in [9.17, 15) is 14.0 Å². The lowest BCUT2D eigenvalue weighted by Gasteiger charge is -2.14. The molecule has 0 saturated heterocycles. The topological polar surface area (TPSA) is 76.3 Å². The van der Waals surface area contributed by atoms with E-state index in [4.69, 9.17) is 4.52 Å².